The van der Waals surface area contributed by atoms with Gasteiger partial charge in [0.1, 0.15) is 23.9 Å². The zero-order valence-electron chi connectivity index (χ0n) is 14.5. The SMILES string of the molecule is CC1(C)CN(C(=O)c2ccc(COc3ccc(F)cc3)o2)CCC1N. The number of benzene rings is 1. The average Bonchev–Trinajstić information content (AvgIpc) is 3.05. The van der Waals surface area contributed by atoms with Gasteiger partial charge in [-0.1, -0.05) is 13.8 Å². The number of rotatable bonds is 4. The molecule has 6 heteroatoms. The summed E-state index contributed by atoms with van der Waals surface area (Å²) in [7, 11) is 0. The van der Waals surface area contributed by atoms with E-state index in [-0.39, 0.29) is 29.8 Å². The highest BCUT2D eigenvalue weighted by Gasteiger charge is 2.36. The Balaban J connectivity index is 1.61. The molecule has 1 unspecified atom stereocenters. The molecule has 1 aromatic carbocycles. The van der Waals surface area contributed by atoms with Crippen LogP contribution in [0.1, 0.15) is 36.6 Å². The predicted octanol–water partition coefficient (Wildman–Crippen LogP) is 3.20. The lowest BCUT2D eigenvalue weighted by Crippen LogP contribution is -2.53. The molecule has 1 fully saturated rings. The van der Waals surface area contributed by atoms with Gasteiger partial charge in [0.25, 0.3) is 5.91 Å². The Bertz CT molecular complexity index is 739. The van der Waals surface area contributed by atoms with Crippen LogP contribution in [0.15, 0.2) is 40.8 Å². The first-order valence-corrected chi connectivity index (χ1v) is 8.37. The van der Waals surface area contributed by atoms with Crippen LogP contribution in [0.3, 0.4) is 0 Å². The molecule has 2 aromatic rings. The molecule has 1 saturated heterocycles. The monoisotopic (exact) mass is 346 g/mol. The number of hydrogen-bond acceptors (Lipinski definition) is 4. The van der Waals surface area contributed by atoms with Crippen molar-refractivity contribution in [1.82, 2.24) is 4.90 Å². The van der Waals surface area contributed by atoms with Crippen molar-refractivity contribution >= 4 is 5.91 Å². The molecule has 2 N–H and O–H groups in total. The maximum absolute atomic E-state index is 12.9. The van der Waals surface area contributed by atoms with Gasteiger partial charge in [0, 0.05) is 19.1 Å². The Morgan fingerprint density at radius 2 is 2.04 bits per heavy atom. The van der Waals surface area contributed by atoms with Crippen LogP contribution < -0.4 is 10.5 Å². The lowest BCUT2D eigenvalue weighted by molar-refractivity contribution is 0.0500. The van der Waals surface area contributed by atoms with Crippen molar-refractivity contribution in [3.8, 4) is 5.75 Å². The molecule has 3 rings (SSSR count). The molecular formula is C19H23FN2O3. The van der Waals surface area contributed by atoms with Crippen molar-refractivity contribution in [2.24, 2.45) is 11.1 Å². The van der Waals surface area contributed by atoms with E-state index in [0.717, 1.165) is 6.42 Å². The molecule has 1 aliphatic heterocycles. The average molecular weight is 346 g/mol. The van der Waals surface area contributed by atoms with Gasteiger partial charge in [-0.05, 0) is 48.2 Å². The Morgan fingerprint density at radius 1 is 1.32 bits per heavy atom. The van der Waals surface area contributed by atoms with Gasteiger partial charge < -0.3 is 19.8 Å². The molecule has 1 amide bonds. The fourth-order valence-electron chi connectivity index (χ4n) is 2.96. The highest BCUT2D eigenvalue weighted by atomic mass is 19.1. The number of amides is 1. The number of furan rings is 1. The minimum atomic E-state index is -0.317. The highest BCUT2D eigenvalue weighted by Crippen LogP contribution is 2.28. The summed E-state index contributed by atoms with van der Waals surface area (Å²) in [6.07, 6.45) is 0.778. The van der Waals surface area contributed by atoms with Gasteiger partial charge in [-0.15, -0.1) is 0 Å². The number of ether oxygens (including phenoxy) is 1. The number of halogens is 1. The maximum atomic E-state index is 12.9. The van der Waals surface area contributed by atoms with Crippen LogP contribution in [0.5, 0.6) is 5.75 Å². The third-order valence-corrected chi connectivity index (χ3v) is 4.67. The number of carbonyl (C=O) groups is 1. The molecule has 1 atom stereocenters. The van der Waals surface area contributed by atoms with Crippen LogP contribution in [-0.2, 0) is 6.61 Å². The second-order valence-electron chi connectivity index (χ2n) is 7.12. The standard InChI is InChI=1S/C19H23FN2O3/c1-19(2)12-22(10-9-17(19)21)18(23)16-8-7-15(25-16)11-24-14-5-3-13(20)4-6-14/h3-8,17H,9-12,21H2,1-2H3. The number of hydrogen-bond donors (Lipinski definition) is 1. The van der Waals surface area contributed by atoms with E-state index in [0.29, 0.717) is 30.4 Å². The lowest BCUT2D eigenvalue weighted by atomic mass is 9.79. The fraction of sp³-hybridized carbons (Fsp3) is 0.421. The summed E-state index contributed by atoms with van der Waals surface area (Å²) in [4.78, 5) is 14.4. The highest BCUT2D eigenvalue weighted by molar-refractivity contribution is 5.91. The molecule has 0 radical (unpaired) electrons. The molecule has 0 aliphatic carbocycles. The van der Waals surface area contributed by atoms with E-state index in [2.05, 4.69) is 13.8 Å². The van der Waals surface area contributed by atoms with Crippen molar-refractivity contribution in [2.45, 2.75) is 32.9 Å². The smallest absolute Gasteiger partial charge is 0.289 e. The van der Waals surface area contributed by atoms with E-state index in [4.69, 9.17) is 14.9 Å². The molecule has 25 heavy (non-hydrogen) atoms. The van der Waals surface area contributed by atoms with Crippen LogP contribution in [0.2, 0.25) is 0 Å². The molecule has 2 heterocycles. The zero-order chi connectivity index (χ0) is 18.0. The first kappa shape index (κ1) is 17.5. The third kappa shape index (κ3) is 4.02. The number of nitrogens with two attached hydrogens (primary N) is 1. The fourth-order valence-corrected chi connectivity index (χ4v) is 2.96. The molecule has 1 aliphatic rings. The van der Waals surface area contributed by atoms with Crippen molar-refractivity contribution in [3.05, 3.63) is 53.7 Å². The summed E-state index contributed by atoms with van der Waals surface area (Å²) in [5.74, 6) is 0.928. The molecule has 1 aromatic heterocycles. The lowest BCUT2D eigenvalue weighted by Gasteiger charge is -2.42. The van der Waals surface area contributed by atoms with Crippen LogP contribution in [0.4, 0.5) is 4.39 Å². The first-order valence-electron chi connectivity index (χ1n) is 8.37. The Hall–Kier alpha value is -2.34. The van der Waals surface area contributed by atoms with Gasteiger partial charge in [-0.2, -0.15) is 0 Å². The first-order chi connectivity index (χ1) is 11.8. The summed E-state index contributed by atoms with van der Waals surface area (Å²) in [6.45, 7) is 5.55. The summed E-state index contributed by atoms with van der Waals surface area (Å²) >= 11 is 0. The van der Waals surface area contributed by atoms with E-state index < -0.39 is 0 Å². The van der Waals surface area contributed by atoms with E-state index in [9.17, 15) is 9.18 Å². The van der Waals surface area contributed by atoms with E-state index >= 15 is 0 Å². The van der Waals surface area contributed by atoms with E-state index in [1.165, 1.54) is 12.1 Å². The van der Waals surface area contributed by atoms with Gasteiger partial charge in [-0.3, -0.25) is 4.79 Å². The molecule has 0 bridgehead atoms. The minimum Gasteiger partial charge on any atom is -0.486 e. The molecule has 5 nitrogen and oxygen atoms in total. The second kappa shape index (κ2) is 6.88. The summed E-state index contributed by atoms with van der Waals surface area (Å²) in [6, 6.07) is 9.22. The van der Waals surface area contributed by atoms with Crippen molar-refractivity contribution in [2.75, 3.05) is 13.1 Å². The van der Waals surface area contributed by atoms with Crippen molar-refractivity contribution < 1.29 is 18.3 Å². The van der Waals surface area contributed by atoms with Gasteiger partial charge in [-0.25, -0.2) is 4.39 Å². The number of carbonyl (C=O) groups excluding carboxylic acids is 1. The van der Waals surface area contributed by atoms with E-state index in [1.807, 2.05) is 0 Å². The number of piperidine rings is 1. The van der Waals surface area contributed by atoms with Gasteiger partial charge in [0.15, 0.2) is 5.76 Å². The third-order valence-electron chi connectivity index (χ3n) is 4.67. The Labute approximate surface area is 146 Å². The molecule has 0 spiro atoms. The largest absolute Gasteiger partial charge is 0.486 e. The molecule has 0 saturated carbocycles. The van der Waals surface area contributed by atoms with Crippen LogP contribution >= 0.6 is 0 Å². The number of likely N-dealkylation sites (tertiary alicyclic amines) is 1. The quantitative estimate of drug-likeness (QED) is 0.923. The van der Waals surface area contributed by atoms with Crippen LogP contribution in [-0.4, -0.2) is 29.9 Å². The molecule has 134 valence electrons. The molecular weight excluding hydrogens is 323 g/mol. The van der Waals surface area contributed by atoms with Gasteiger partial charge in [0.2, 0.25) is 0 Å². The zero-order valence-corrected chi connectivity index (χ0v) is 14.5. The minimum absolute atomic E-state index is 0.0906. The Kier molecular flexibility index (Phi) is 4.81. The van der Waals surface area contributed by atoms with Crippen molar-refractivity contribution in [1.29, 1.82) is 0 Å². The van der Waals surface area contributed by atoms with Crippen LogP contribution in [0.25, 0.3) is 0 Å². The van der Waals surface area contributed by atoms with Gasteiger partial charge in [0.05, 0.1) is 0 Å². The maximum Gasteiger partial charge on any atom is 0.289 e. The van der Waals surface area contributed by atoms with E-state index in [1.54, 1.807) is 29.2 Å². The van der Waals surface area contributed by atoms with Gasteiger partial charge >= 0.3 is 0 Å². The number of nitrogens with zero attached hydrogens (tertiary/aromatic N) is 1. The van der Waals surface area contributed by atoms with Crippen molar-refractivity contribution in [3.63, 3.8) is 0 Å². The predicted molar refractivity (Wildman–Crippen MR) is 91.7 cm³/mol. The second-order valence-corrected chi connectivity index (χ2v) is 7.12. The normalized spacial score (nSPS) is 19.7. The summed E-state index contributed by atoms with van der Waals surface area (Å²) in [5, 5.41) is 0. The summed E-state index contributed by atoms with van der Waals surface area (Å²) in [5.41, 5.74) is 6.00. The topological polar surface area (TPSA) is 68.7 Å². The Morgan fingerprint density at radius 3 is 2.72 bits per heavy atom. The summed E-state index contributed by atoms with van der Waals surface area (Å²) < 4.78 is 24.0. The van der Waals surface area contributed by atoms with Crippen LogP contribution in [0, 0.1) is 11.2 Å².